The normalized spacial score (nSPS) is 27.9. The minimum atomic E-state index is -0.340. The molecule has 2 aromatic heterocycles. The largest absolute Gasteiger partial charge is 0.490 e. The molecule has 0 radical (unpaired) electrons. The molecule has 2 bridgehead atoms. The molecule has 176 valence electrons. The van der Waals surface area contributed by atoms with Gasteiger partial charge in [0.2, 0.25) is 0 Å². The molecule has 2 saturated heterocycles. The Hall–Kier alpha value is -3.13. The van der Waals surface area contributed by atoms with Crippen molar-refractivity contribution >= 4 is 22.5 Å². The molecule has 8 rings (SSSR count). The van der Waals surface area contributed by atoms with E-state index in [0.717, 1.165) is 55.8 Å². The third-order valence-corrected chi connectivity index (χ3v) is 7.94. The van der Waals surface area contributed by atoms with Crippen LogP contribution in [0.25, 0.3) is 10.9 Å². The molecule has 0 spiro atoms. The maximum absolute atomic E-state index is 13.4. The molecule has 1 amide bonds. The van der Waals surface area contributed by atoms with Crippen LogP contribution in [0.15, 0.2) is 41.5 Å². The van der Waals surface area contributed by atoms with Crippen LogP contribution in [0.1, 0.15) is 68.3 Å². The predicted molar refractivity (Wildman–Crippen MR) is 126 cm³/mol. The molecule has 3 saturated carbocycles. The highest BCUT2D eigenvalue weighted by Gasteiger charge is 2.61. The lowest BCUT2D eigenvalue weighted by Gasteiger charge is -2.42. The molecule has 5 fully saturated rings. The van der Waals surface area contributed by atoms with E-state index in [9.17, 15) is 9.59 Å². The molecule has 8 heteroatoms. The number of rotatable bonds is 6. The van der Waals surface area contributed by atoms with E-state index < -0.39 is 0 Å². The van der Waals surface area contributed by atoms with Crippen LogP contribution in [0.5, 0.6) is 5.75 Å². The number of anilines is 1. The first kappa shape index (κ1) is 20.3. The molecule has 1 aromatic carbocycles. The van der Waals surface area contributed by atoms with Gasteiger partial charge in [-0.25, -0.2) is 0 Å². The van der Waals surface area contributed by atoms with E-state index >= 15 is 0 Å². The van der Waals surface area contributed by atoms with Crippen LogP contribution < -0.4 is 15.6 Å². The van der Waals surface area contributed by atoms with Crippen molar-refractivity contribution in [3.63, 3.8) is 0 Å². The maximum Gasteiger partial charge on any atom is 0.274 e. The summed E-state index contributed by atoms with van der Waals surface area (Å²) in [6, 6.07) is 7.43. The monoisotopic (exact) mass is 460 g/mol. The highest BCUT2D eigenvalue weighted by atomic mass is 16.5. The predicted octanol–water partition coefficient (Wildman–Crippen LogP) is 3.99. The van der Waals surface area contributed by atoms with Crippen LogP contribution in [0.2, 0.25) is 0 Å². The lowest BCUT2D eigenvalue weighted by Crippen LogP contribution is -2.49. The second-order valence-corrected chi connectivity index (χ2v) is 10.8. The summed E-state index contributed by atoms with van der Waals surface area (Å²) in [6.45, 7) is 2.81. The van der Waals surface area contributed by atoms with Crippen molar-refractivity contribution < 1.29 is 14.3 Å². The first-order valence-corrected chi connectivity index (χ1v) is 12.3. The maximum atomic E-state index is 13.4. The summed E-state index contributed by atoms with van der Waals surface area (Å²) in [4.78, 5) is 26.3. The van der Waals surface area contributed by atoms with E-state index in [1.165, 1.54) is 0 Å². The molecule has 5 aliphatic rings. The first-order valence-electron chi connectivity index (χ1n) is 12.3. The van der Waals surface area contributed by atoms with Crippen LogP contribution in [-0.2, 0) is 10.3 Å². The number of ether oxygens (including phenoxy) is 2. The van der Waals surface area contributed by atoms with Gasteiger partial charge >= 0.3 is 0 Å². The van der Waals surface area contributed by atoms with E-state index in [1.54, 1.807) is 16.8 Å². The van der Waals surface area contributed by atoms with Crippen molar-refractivity contribution in [1.82, 2.24) is 14.3 Å². The average Bonchev–Trinajstić information content (AvgIpc) is 3.30. The number of benzene rings is 1. The Morgan fingerprint density at radius 2 is 2.06 bits per heavy atom. The molecule has 8 nitrogen and oxygen atoms in total. The molecule has 4 heterocycles. The Morgan fingerprint density at radius 1 is 1.24 bits per heavy atom. The number of fused-ring (bicyclic) bond motifs is 2. The number of hydrogen-bond donors (Lipinski definition) is 1. The number of nitrogens with zero attached hydrogens (tertiary/aromatic N) is 3. The summed E-state index contributed by atoms with van der Waals surface area (Å²) in [5.74, 6) is 0.185. The Bertz CT molecular complexity index is 1380. The molecule has 0 atom stereocenters. The van der Waals surface area contributed by atoms with Gasteiger partial charge in [-0.1, -0.05) is 0 Å². The van der Waals surface area contributed by atoms with Crippen molar-refractivity contribution in [3.8, 4) is 5.75 Å². The Labute approximate surface area is 196 Å². The first-order chi connectivity index (χ1) is 16.4. The summed E-state index contributed by atoms with van der Waals surface area (Å²) in [5.41, 5.74) is 1.23. The van der Waals surface area contributed by atoms with Crippen LogP contribution in [0.3, 0.4) is 0 Å². The van der Waals surface area contributed by atoms with Gasteiger partial charge in [0.15, 0.2) is 0 Å². The van der Waals surface area contributed by atoms with Gasteiger partial charge in [0.25, 0.3) is 11.5 Å². The van der Waals surface area contributed by atoms with Gasteiger partial charge in [-0.3, -0.25) is 14.3 Å². The van der Waals surface area contributed by atoms with E-state index in [1.807, 2.05) is 29.1 Å². The van der Waals surface area contributed by atoms with Crippen molar-refractivity contribution in [2.24, 2.45) is 0 Å². The SMILES string of the molecule is CC12CC(n3cc4cc(C(=O)Nc5cccn(C6CC6)c5=O)c(OC5CCC5)cc4n3)(CO1)C2. The van der Waals surface area contributed by atoms with Gasteiger partial charge in [0, 0.05) is 42.7 Å². The zero-order valence-electron chi connectivity index (χ0n) is 19.3. The molecule has 2 aliphatic heterocycles. The van der Waals surface area contributed by atoms with Gasteiger partial charge in [-0.05, 0) is 57.2 Å². The summed E-state index contributed by atoms with van der Waals surface area (Å²) in [6.07, 6.45) is 10.9. The van der Waals surface area contributed by atoms with Crippen LogP contribution in [0, 0.1) is 0 Å². The number of carbonyl (C=O) groups excluding carboxylic acids is 1. The van der Waals surface area contributed by atoms with Crippen LogP contribution in [0.4, 0.5) is 5.69 Å². The van der Waals surface area contributed by atoms with Crippen molar-refractivity contribution in [3.05, 3.63) is 52.6 Å². The smallest absolute Gasteiger partial charge is 0.274 e. The molecular formula is C26H28N4O4. The van der Waals surface area contributed by atoms with Crippen molar-refractivity contribution in [2.75, 3.05) is 11.9 Å². The molecule has 3 aliphatic carbocycles. The van der Waals surface area contributed by atoms with Gasteiger partial charge in [-0.15, -0.1) is 0 Å². The third-order valence-electron chi connectivity index (χ3n) is 7.94. The van der Waals surface area contributed by atoms with Gasteiger partial charge in [-0.2, -0.15) is 5.10 Å². The molecule has 34 heavy (non-hydrogen) atoms. The number of aromatic nitrogens is 3. The number of amides is 1. The van der Waals surface area contributed by atoms with Crippen molar-refractivity contribution in [1.29, 1.82) is 0 Å². The molecule has 0 unspecified atom stereocenters. The minimum Gasteiger partial charge on any atom is -0.490 e. The quantitative estimate of drug-likeness (QED) is 0.601. The average molecular weight is 461 g/mol. The summed E-state index contributed by atoms with van der Waals surface area (Å²) >= 11 is 0. The second kappa shape index (κ2) is 6.95. The third kappa shape index (κ3) is 3.11. The standard InChI is InChI=1S/C26H28N4O4/c1-25-13-26(14-25,15-33-25)30-12-16-10-19(22(11-21(16)28-30)34-18-4-2-5-18)23(31)27-20-6-3-9-29(24(20)32)17-7-8-17/h3,6,9-12,17-18H,2,4-5,7-8,13-15H2,1H3,(H,27,31). The lowest BCUT2D eigenvalue weighted by molar-refractivity contribution is 0.00383. The van der Waals surface area contributed by atoms with E-state index in [2.05, 4.69) is 12.2 Å². The van der Waals surface area contributed by atoms with Crippen molar-refractivity contribution in [2.45, 2.75) is 75.2 Å². The minimum absolute atomic E-state index is 0.0370. The summed E-state index contributed by atoms with van der Waals surface area (Å²) in [5, 5.41) is 8.58. The number of hydrogen-bond acceptors (Lipinski definition) is 5. The van der Waals surface area contributed by atoms with Gasteiger partial charge in [0.1, 0.15) is 11.4 Å². The Kier molecular flexibility index (Phi) is 4.14. The molecular weight excluding hydrogens is 432 g/mol. The fourth-order valence-electron chi connectivity index (χ4n) is 5.75. The highest BCUT2D eigenvalue weighted by Crippen LogP contribution is 2.55. The van der Waals surface area contributed by atoms with Crippen LogP contribution in [-0.4, -0.2) is 38.6 Å². The topological polar surface area (TPSA) is 87.4 Å². The van der Waals surface area contributed by atoms with Gasteiger partial charge in [0.05, 0.1) is 34.9 Å². The second-order valence-electron chi connectivity index (χ2n) is 10.8. The van der Waals surface area contributed by atoms with Crippen LogP contribution >= 0.6 is 0 Å². The fraction of sp³-hybridized carbons (Fsp3) is 0.500. The summed E-state index contributed by atoms with van der Waals surface area (Å²) in [7, 11) is 0. The Morgan fingerprint density at radius 3 is 2.74 bits per heavy atom. The summed E-state index contributed by atoms with van der Waals surface area (Å²) < 4.78 is 15.9. The zero-order chi connectivity index (χ0) is 23.1. The van der Waals surface area contributed by atoms with E-state index in [4.69, 9.17) is 14.6 Å². The van der Waals surface area contributed by atoms with E-state index in [0.29, 0.717) is 23.6 Å². The molecule has 1 N–H and O–H groups in total. The number of pyridine rings is 1. The zero-order valence-corrected chi connectivity index (χ0v) is 19.3. The number of carbonyl (C=O) groups is 1. The fourth-order valence-corrected chi connectivity index (χ4v) is 5.75. The molecule has 3 aromatic rings. The van der Waals surface area contributed by atoms with Gasteiger partial charge < -0.3 is 19.4 Å². The van der Waals surface area contributed by atoms with E-state index in [-0.39, 0.29) is 34.8 Å². The lowest BCUT2D eigenvalue weighted by atomic mass is 9.69. The highest BCUT2D eigenvalue weighted by molar-refractivity contribution is 6.08. The Balaban J connectivity index is 1.24. The number of nitrogens with one attached hydrogen (secondary N) is 1.